The number of nitrogens with zero attached hydrogens (tertiary/aromatic N) is 1. The van der Waals surface area contributed by atoms with Gasteiger partial charge in [-0.05, 0) is 31.5 Å². The summed E-state index contributed by atoms with van der Waals surface area (Å²) >= 11 is 0. The molecule has 114 valence electrons. The molecule has 0 aliphatic carbocycles. The summed E-state index contributed by atoms with van der Waals surface area (Å²) in [5.41, 5.74) is 6.95. The van der Waals surface area contributed by atoms with E-state index in [1.807, 2.05) is 6.07 Å². The maximum Gasteiger partial charge on any atom is 0.0593 e. The number of benzene rings is 1. The zero-order valence-electron chi connectivity index (χ0n) is 12.6. The second-order valence-electron chi connectivity index (χ2n) is 4.86. The molecule has 0 aromatic heterocycles. The van der Waals surface area contributed by atoms with Gasteiger partial charge < -0.3 is 15.2 Å². The quantitative estimate of drug-likeness (QED) is 0.594. The van der Waals surface area contributed by atoms with Crippen molar-refractivity contribution in [2.24, 2.45) is 5.73 Å². The van der Waals surface area contributed by atoms with Gasteiger partial charge in [0.05, 0.1) is 6.61 Å². The van der Waals surface area contributed by atoms with Crippen molar-refractivity contribution in [3.05, 3.63) is 35.9 Å². The van der Waals surface area contributed by atoms with Crippen molar-refractivity contribution < 1.29 is 9.47 Å². The third-order valence-corrected chi connectivity index (χ3v) is 3.12. The van der Waals surface area contributed by atoms with Gasteiger partial charge in [0.25, 0.3) is 0 Å². The molecule has 2 N–H and O–H groups in total. The van der Waals surface area contributed by atoms with Crippen LogP contribution in [0.5, 0.6) is 0 Å². The number of methoxy groups -OCH3 is 1. The molecule has 0 amide bonds. The van der Waals surface area contributed by atoms with E-state index in [1.54, 1.807) is 7.11 Å². The molecule has 0 aliphatic rings. The molecule has 1 aromatic rings. The average molecular weight is 280 g/mol. The fraction of sp³-hybridized carbons (Fsp3) is 0.625. The smallest absolute Gasteiger partial charge is 0.0593 e. The lowest BCUT2D eigenvalue weighted by Crippen LogP contribution is -2.29. The Morgan fingerprint density at radius 1 is 1.00 bits per heavy atom. The summed E-state index contributed by atoms with van der Waals surface area (Å²) in [5, 5.41) is 0. The molecule has 1 rings (SSSR count). The number of ether oxygens (including phenoxy) is 2. The Morgan fingerprint density at radius 2 is 1.80 bits per heavy atom. The summed E-state index contributed by atoms with van der Waals surface area (Å²) in [4.78, 5) is 2.40. The maximum atomic E-state index is 5.63. The van der Waals surface area contributed by atoms with E-state index in [0.29, 0.717) is 0 Å². The molecule has 0 saturated heterocycles. The normalized spacial score (nSPS) is 11.2. The highest BCUT2D eigenvalue weighted by molar-refractivity contribution is 5.14. The predicted molar refractivity (Wildman–Crippen MR) is 82.7 cm³/mol. The van der Waals surface area contributed by atoms with E-state index in [1.165, 1.54) is 5.56 Å². The van der Waals surface area contributed by atoms with Gasteiger partial charge in [-0.15, -0.1) is 0 Å². The first-order valence-corrected chi connectivity index (χ1v) is 7.40. The van der Waals surface area contributed by atoms with Gasteiger partial charge in [-0.2, -0.15) is 0 Å². The van der Waals surface area contributed by atoms with Gasteiger partial charge in [0, 0.05) is 33.4 Å². The Kier molecular flexibility index (Phi) is 10.1. The molecule has 1 aromatic carbocycles. The fourth-order valence-corrected chi connectivity index (χ4v) is 2.03. The van der Waals surface area contributed by atoms with E-state index in [9.17, 15) is 0 Å². The highest BCUT2D eigenvalue weighted by atomic mass is 16.5. The third kappa shape index (κ3) is 8.27. The van der Waals surface area contributed by atoms with Crippen molar-refractivity contribution in [1.29, 1.82) is 0 Å². The first kappa shape index (κ1) is 17.1. The van der Waals surface area contributed by atoms with Gasteiger partial charge in [-0.1, -0.05) is 30.3 Å². The Labute approximate surface area is 122 Å². The van der Waals surface area contributed by atoms with E-state index in [0.717, 1.165) is 58.8 Å². The molecule has 0 fully saturated rings. The monoisotopic (exact) mass is 280 g/mol. The number of nitrogens with two attached hydrogens (primary N) is 1. The van der Waals surface area contributed by atoms with Gasteiger partial charge in [-0.25, -0.2) is 0 Å². The molecule has 20 heavy (non-hydrogen) atoms. The van der Waals surface area contributed by atoms with Crippen LogP contribution in [-0.4, -0.2) is 51.5 Å². The minimum atomic E-state index is 0.736. The fourth-order valence-electron chi connectivity index (χ4n) is 2.03. The SMILES string of the molecule is COCCCOCCN(CCCN)Cc1ccccc1. The zero-order valence-corrected chi connectivity index (χ0v) is 12.6. The van der Waals surface area contributed by atoms with Crippen molar-refractivity contribution in [1.82, 2.24) is 4.90 Å². The lowest BCUT2D eigenvalue weighted by molar-refractivity contribution is 0.0818. The molecule has 4 nitrogen and oxygen atoms in total. The highest BCUT2D eigenvalue weighted by Crippen LogP contribution is 2.04. The van der Waals surface area contributed by atoms with E-state index < -0.39 is 0 Å². The van der Waals surface area contributed by atoms with Gasteiger partial charge in [0.15, 0.2) is 0 Å². The molecule has 0 aliphatic heterocycles. The Hall–Kier alpha value is -0.940. The largest absolute Gasteiger partial charge is 0.385 e. The molecule has 0 heterocycles. The van der Waals surface area contributed by atoms with E-state index >= 15 is 0 Å². The summed E-state index contributed by atoms with van der Waals surface area (Å²) < 4.78 is 10.6. The van der Waals surface area contributed by atoms with Crippen LogP contribution in [0.15, 0.2) is 30.3 Å². The molecular weight excluding hydrogens is 252 g/mol. The van der Waals surface area contributed by atoms with Crippen LogP contribution in [-0.2, 0) is 16.0 Å². The van der Waals surface area contributed by atoms with E-state index in [-0.39, 0.29) is 0 Å². The average Bonchev–Trinajstić information content (AvgIpc) is 2.49. The number of hydrogen-bond acceptors (Lipinski definition) is 4. The number of hydrogen-bond donors (Lipinski definition) is 1. The van der Waals surface area contributed by atoms with Crippen molar-refractivity contribution in [2.45, 2.75) is 19.4 Å². The van der Waals surface area contributed by atoms with Crippen molar-refractivity contribution in [2.75, 3.05) is 46.6 Å². The Balaban J connectivity index is 2.25. The molecule has 0 saturated carbocycles. The summed E-state index contributed by atoms with van der Waals surface area (Å²) in [5.74, 6) is 0. The predicted octanol–water partition coefficient (Wildman–Crippen LogP) is 1.89. The van der Waals surface area contributed by atoms with Gasteiger partial charge >= 0.3 is 0 Å². The van der Waals surface area contributed by atoms with Crippen LogP contribution < -0.4 is 5.73 Å². The van der Waals surface area contributed by atoms with Crippen molar-refractivity contribution in [3.63, 3.8) is 0 Å². The van der Waals surface area contributed by atoms with E-state index in [4.69, 9.17) is 15.2 Å². The van der Waals surface area contributed by atoms with Crippen LogP contribution in [0.1, 0.15) is 18.4 Å². The lowest BCUT2D eigenvalue weighted by Gasteiger charge is -2.22. The first-order valence-electron chi connectivity index (χ1n) is 7.40. The molecular formula is C16H28N2O2. The molecule has 0 spiro atoms. The molecule has 0 bridgehead atoms. The van der Waals surface area contributed by atoms with Gasteiger partial charge in [0.1, 0.15) is 0 Å². The van der Waals surface area contributed by atoms with Crippen LogP contribution in [0.2, 0.25) is 0 Å². The summed E-state index contributed by atoms with van der Waals surface area (Å²) in [6.07, 6.45) is 1.98. The van der Waals surface area contributed by atoms with Crippen molar-refractivity contribution >= 4 is 0 Å². The minimum absolute atomic E-state index is 0.736. The number of rotatable bonds is 12. The Morgan fingerprint density at radius 3 is 2.50 bits per heavy atom. The standard InChI is InChI=1S/C16H28N2O2/c1-19-12-6-13-20-14-11-18(10-5-9-17)15-16-7-3-2-4-8-16/h2-4,7-8H,5-6,9-15,17H2,1H3. The molecule has 0 radical (unpaired) electrons. The van der Waals surface area contributed by atoms with Crippen LogP contribution in [0.25, 0.3) is 0 Å². The minimum Gasteiger partial charge on any atom is -0.385 e. The summed E-state index contributed by atoms with van der Waals surface area (Å²) in [6, 6.07) is 10.5. The summed E-state index contributed by atoms with van der Waals surface area (Å²) in [6.45, 7) is 5.96. The van der Waals surface area contributed by atoms with Crippen LogP contribution in [0.3, 0.4) is 0 Å². The zero-order chi connectivity index (χ0) is 14.5. The van der Waals surface area contributed by atoms with Crippen LogP contribution in [0.4, 0.5) is 0 Å². The first-order chi connectivity index (χ1) is 9.86. The molecule has 0 atom stereocenters. The lowest BCUT2D eigenvalue weighted by atomic mass is 10.2. The van der Waals surface area contributed by atoms with Gasteiger partial charge in [0.2, 0.25) is 0 Å². The highest BCUT2D eigenvalue weighted by Gasteiger charge is 2.05. The van der Waals surface area contributed by atoms with Crippen LogP contribution in [0, 0.1) is 0 Å². The molecule has 0 unspecified atom stereocenters. The topological polar surface area (TPSA) is 47.7 Å². The Bertz CT molecular complexity index is 320. The molecule has 4 heteroatoms. The summed E-state index contributed by atoms with van der Waals surface area (Å²) in [7, 11) is 1.72. The van der Waals surface area contributed by atoms with Crippen LogP contribution >= 0.6 is 0 Å². The van der Waals surface area contributed by atoms with Gasteiger partial charge in [-0.3, -0.25) is 4.90 Å². The maximum absolute atomic E-state index is 5.63. The van der Waals surface area contributed by atoms with Crippen molar-refractivity contribution in [3.8, 4) is 0 Å². The van der Waals surface area contributed by atoms with E-state index in [2.05, 4.69) is 29.2 Å². The second-order valence-corrected chi connectivity index (χ2v) is 4.86. The third-order valence-electron chi connectivity index (χ3n) is 3.12. The second kappa shape index (κ2) is 11.9.